The summed E-state index contributed by atoms with van der Waals surface area (Å²) in [6.45, 7) is 4.37. The summed E-state index contributed by atoms with van der Waals surface area (Å²) in [5.74, 6) is 0.516. The van der Waals surface area contributed by atoms with Crippen LogP contribution in [0, 0.1) is 16.0 Å². The lowest BCUT2D eigenvalue weighted by molar-refractivity contribution is -0.402. The second kappa shape index (κ2) is 5.62. The molecule has 0 bridgehead atoms. The molecule has 6 nitrogen and oxygen atoms in total. The Balaban J connectivity index is 2.50. The predicted octanol–water partition coefficient (Wildman–Crippen LogP) is 1.29. The highest BCUT2D eigenvalue weighted by Gasteiger charge is 2.14. The van der Waals surface area contributed by atoms with E-state index in [2.05, 4.69) is 5.32 Å². The molecule has 0 radical (unpaired) electrons. The van der Waals surface area contributed by atoms with Gasteiger partial charge >= 0.3 is 5.88 Å². The fraction of sp³-hybridized carbons (Fsp3) is 0.600. The van der Waals surface area contributed by atoms with Crippen LogP contribution in [-0.2, 0) is 6.54 Å². The molecule has 0 aliphatic heterocycles. The molecule has 1 unspecified atom stereocenters. The van der Waals surface area contributed by atoms with Gasteiger partial charge in [-0.1, -0.05) is 13.8 Å². The van der Waals surface area contributed by atoms with Crippen LogP contribution in [0.3, 0.4) is 0 Å². The predicted molar refractivity (Wildman–Crippen MR) is 57.9 cm³/mol. The van der Waals surface area contributed by atoms with Crippen molar-refractivity contribution in [1.82, 2.24) is 5.32 Å². The second-order valence-electron chi connectivity index (χ2n) is 3.91. The second-order valence-corrected chi connectivity index (χ2v) is 3.91. The van der Waals surface area contributed by atoms with E-state index in [1.54, 1.807) is 6.07 Å². The van der Waals surface area contributed by atoms with Crippen molar-refractivity contribution in [3.05, 3.63) is 28.0 Å². The van der Waals surface area contributed by atoms with Crippen LogP contribution in [0.5, 0.6) is 0 Å². The zero-order chi connectivity index (χ0) is 12.1. The van der Waals surface area contributed by atoms with Gasteiger partial charge in [0.15, 0.2) is 0 Å². The molecule has 0 aliphatic rings. The Morgan fingerprint density at radius 1 is 1.56 bits per heavy atom. The highest BCUT2D eigenvalue weighted by molar-refractivity contribution is 5.17. The molecule has 6 heteroatoms. The molecular weight excluding hydrogens is 212 g/mol. The smallest absolute Gasteiger partial charge is 0.404 e. The minimum Gasteiger partial charge on any atom is -0.404 e. The molecule has 1 heterocycles. The first-order chi connectivity index (χ1) is 7.54. The van der Waals surface area contributed by atoms with Crippen molar-refractivity contribution in [1.29, 1.82) is 0 Å². The molecule has 1 aromatic rings. The fourth-order valence-electron chi connectivity index (χ4n) is 1.30. The van der Waals surface area contributed by atoms with E-state index < -0.39 is 4.92 Å². The lowest BCUT2D eigenvalue weighted by Crippen LogP contribution is -2.36. The maximum Gasteiger partial charge on any atom is 0.433 e. The summed E-state index contributed by atoms with van der Waals surface area (Å²) >= 11 is 0. The minimum absolute atomic E-state index is 0.0282. The van der Waals surface area contributed by atoms with Crippen molar-refractivity contribution < 1.29 is 14.4 Å². The highest BCUT2D eigenvalue weighted by atomic mass is 16.6. The third-order valence-electron chi connectivity index (χ3n) is 2.37. The van der Waals surface area contributed by atoms with E-state index in [0.29, 0.717) is 12.3 Å². The van der Waals surface area contributed by atoms with Crippen molar-refractivity contribution >= 4 is 5.88 Å². The van der Waals surface area contributed by atoms with Crippen LogP contribution in [0.25, 0.3) is 0 Å². The lowest BCUT2D eigenvalue weighted by atomic mass is 10.1. The minimum atomic E-state index is -0.574. The zero-order valence-electron chi connectivity index (χ0n) is 9.34. The van der Waals surface area contributed by atoms with Gasteiger partial charge in [0.05, 0.1) is 19.2 Å². The summed E-state index contributed by atoms with van der Waals surface area (Å²) in [4.78, 5) is 9.79. The first kappa shape index (κ1) is 12.7. The van der Waals surface area contributed by atoms with Crippen LogP contribution in [0.15, 0.2) is 16.5 Å². The van der Waals surface area contributed by atoms with Gasteiger partial charge in [-0.2, -0.15) is 0 Å². The fourth-order valence-corrected chi connectivity index (χ4v) is 1.30. The SMILES string of the molecule is CC(C)C(CO)NCc1ccc([N+](=O)[O-])o1. The molecule has 1 atom stereocenters. The van der Waals surface area contributed by atoms with E-state index in [-0.39, 0.29) is 24.5 Å². The number of nitro groups is 1. The molecule has 0 amide bonds. The molecule has 0 spiro atoms. The number of rotatable bonds is 6. The monoisotopic (exact) mass is 228 g/mol. The summed E-state index contributed by atoms with van der Waals surface area (Å²) < 4.78 is 4.98. The normalized spacial score (nSPS) is 13.0. The number of nitrogens with zero attached hydrogens (tertiary/aromatic N) is 1. The number of hydrogen-bond acceptors (Lipinski definition) is 5. The van der Waals surface area contributed by atoms with Gasteiger partial charge in [-0.15, -0.1) is 0 Å². The molecule has 0 aromatic carbocycles. The third-order valence-corrected chi connectivity index (χ3v) is 2.37. The number of nitrogens with one attached hydrogen (secondary N) is 1. The molecule has 0 saturated heterocycles. The Bertz CT molecular complexity index is 348. The molecular formula is C10H16N2O4. The Morgan fingerprint density at radius 3 is 2.69 bits per heavy atom. The van der Waals surface area contributed by atoms with Crippen LogP contribution in [0.2, 0.25) is 0 Å². The van der Waals surface area contributed by atoms with E-state index in [1.807, 2.05) is 13.8 Å². The lowest BCUT2D eigenvalue weighted by Gasteiger charge is -2.18. The first-order valence-electron chi connectivity index (χ1n) is 5.12. The van der Waals surface area contributed by atoms with Crippen LogP contribution < -0.4 is 5.32 Å². The standard InChI is InChI=1S/C10H16N2O4/c1-7(2)9(6-13)11-5-8-3-4-10(16-8)12(14)15/h3-4,7,9,11,13H,5-6H2,1-2H3. The van der Waals surface area contributed by atoms with Crippen LogP contribution >= 0.6 is 0 Å². The third kappa shape index (κ3) is 3.32. The molecule has 2 N–H and O–H groups in total. The number of aliphatic hydroxyl groups excluding tert-OH is 1. The van der Waals surface area contributed by atoms with Gasteiger partial charge < -0.3 is 14.8 Å². The maximum atomic E-state index is 10.4. The Hall–Kier alpha value is -1.40. The van der Waals surface area contributed by atoms with Crippen molar-refractivity contribution in [2.24, 2.45) is 5.92 Å². The number of aliphatic hydroxyl groups is 1. The molecule has 0 aliphatic carbocycles. The topological polar surface area (TPSA) is 88.5 Å². The summed E-state index contributed by atoms with van der Waals surface area (Å²) in [6, 6.07) is 2.84. The van der Waals surface area contributed by atoms with Crippen molar-refractivity contribution in [2.45, 2.75) is 26.4 Å². The summed E-state index contributed by atoms with van der Waals surface area (Å²) in [6.07, 6.45) is 0. The van der Waals surface area contributed by atoms with Gasteiger partial charge in [0.1, 0.15) is 10.7 Å². The molecule has 1 aromatic heterocycles. The molecule has 0 fully saturated rings. The summed E-state index contributed by atoms with van der Waals surface area (Å²) in [5.41, 5.74) is 0. The Morgan fingerprint density at radius 2 is 2.25 bits per heavy atom. The van der Waals surface area contributed by atoms with Gasteiger partial charge in [0, 0.05) is 6.04 Å². The van der Waals surface area contributed by atoms with E-state index in [0.717, 1.165) is 0 Å². The quantitative estimate of drug-likeness (QED) is 0.565. The average molecular weight is 228 g/mol. The van der Waals surface area contributed by atoms with Crippen molar-refractivity contribution in [3.63, 3.8) is 0 Å². The van der Waals surface area contributed by atoms with Gasteiger partial charge in [0.25, 0.3) is 0 Å². The van der Waals surface area contributed by atoms with Crippen molar-refractivity contribution in [3.8, 4) is 0 Å². The summed E-state index contributed by atoms with van der Waals surface area (Å²) in [7, 11) is 0. The number of furan rings is 1. The van der Waals surface area contributed by atoms with E-state index in [9.17, 15) is 10.1 Å². The number of hydrogen-bond donors (Lipinski definition) is 2. The molecule has 0 saturated carbocycles. The highest BCUT2D eigenvalue weighted by Crippen LogP contribution is 2.15. The average Bonchev–Trinajstić information content (AvgIpc) is 2.67. The maximum absolute atomic E-state index is 10.4. The van der Waals surface area contributed by atoms with Gasteiger partial charge in [0.2, 0.25) is 0 Å². The Labute approximate surface area is 93.4 Å². The summed E-state index contributed by atoms with van der Waals surface area (Å²) in [5, 5.41) is 22.5. The van der Waals surface area contributed by atoms with Gasteiger partial charge in [-0.3, -0.25) is 10.1 Å². The van der Waals surface area contributed by atoms with Crippen molar-refractivity contribution in [2.75, 3.05) is 6.61 Å². The zero-order valence-corrected chi connectivity index (χ0v) is 9.34. The van der Waals surface area contributed by atoms with Gasteiger partial charge in [-0.05, 0) is 12.0 Å². The van der Waals surface area contributed by atoms with Gasteiger partial charge in [-0.25, -0.2) is 0 Å². The van der Waals surface area contributed by atoms with E-state index >= 15 is 0 Å². The Kier molecular flexibility index (Phi) is 4.45. The molecule has 1 rings (SSSR count). The largest absolute Gasteiger partial charge is 0.433 e. The molecule has 16 heavy (non-hydrogen) atoms. The van der Waals surface area contributed by atoms with E-state index in [4.69, 9.17) is 9.52 Å². The molecule has 90 valence electrons. The first-order valence-corrected chi connectivity index (χ1v) is 5.12. The van der Waals surface area contributed by atoms with Crippen LogP contribution in [0.1, 0.15) is 19.6 Å². The van der Waals surface area contributed by atoms with E-state index in [1.165, 1.54) is 6.07 Å². The van der Waals surface area contributed by atoms with Crippen LogP contribution in [0.4, 0.5) is 5.88 Å². The van der Waals surface area contributed by atoms with Crippen LogP contribution in [-0.4, -0.2) is 22.7 Å².